The quantitative estimate of drug-likeness (QED) is 0.426. The molecular formula is C24H28N2O9. The second-order valence-electron chi connectivity index (χ2n) is 8.29. The molecule has 1 unspecified atom stereocenters. The third-order valence-electron chi connectivity index (χ3n) is 6.10. The number of nitrogens with zero attached hydrogens (tertiary/aromatic N) is 2. The molecule has 11 nitrogen and oxygen atoms in total. The van der Waals surface area contributed by atoms with Gasteiger partial charge in [0.25, 0.3) is 0 Å². The lowest BCUT2D eigenvalue weighted by Crippen LogP contribution is -2.45. The van der Waals surface area contributed by atoms with Crippen LogP contribution in [0.25, 0.3) is 0 Å². The highest BCUT2D eigenvalue weighted by Gasteiger charge is 2.30. The van der Waals surface area contributed by atoms with Crippen LogP contribution in [0.15, 0.2) is 27.4 Å². The second kappa shape index (κ2) is 10.7. The highest BCUT2D eigenvalue weighted by atomic mass is 16.6. The fourth-order valence-corrected chi connectivity index (χ4v) is 4.22. The number of hydrogen-bond donors (Lipinski definition) is 1. The predicted octanol–water partition coefficient (Wildman–Crippen LogP) is 1.09. The maximum atomic E-state index is 12.7. The van der Waals surface area contributed by atoms with E-state index in [0.29, 0.717) is 74.5 Å². The maximum Gasteiger partial charge on any atom is 0.306 e. The molecule has 2 aliphatic heterocycles. The summed E-state index contributed by atoms with van der Waals surface area (Å²) in [5.74, 6) is -0.460. The monoisotopic (exact) mass is 488 g/mol. The minimum atomic E-state index is -0.855. The number of carbonyl (C=O) groups excluding carboxylic acids is 2. The number of aromatic hydroxyl groups is 1. The zero-order chi connectivity index (χ0) is 24.9. The first-order valence-corrected chi connectivity index (χ1v) is 11.3. The Kier molecular flexibility index (Phi) is 7.45. The van der Waals surface area contributed by atoms with Crippen LogP contribution in [0.4, 0.5) is 0 Å². The van der Waals surface area contributed by atoms with Crippen LogP contribution in [-0.4, -0.2) is 80.9 Å². The lowest BCUT2D eigenvalue weighted by molar-refractivity contribution is -0.141. The Morgan fingerprint density at radius 1 is 1.14 bits per heavy atom. The van der Waals surface area contributed by atoms with Gasteiger partial charge in [0.1, 0.15) is 19.0 Å². The number of rotatable bonds is 8. The molecule has 1 aromatic carbocycles. The zero-order valence-corrected chi connectivity index (χ0v) is 19.7. The van der Waals surface area contributed by atoms with Gasteiger partial charge in [0.05, 0.1) is 33.1 Å². The molecule has 0 bridgehead atoms. The number of methoxy groups -OCH3 is 2. The van der Waals surface area contributed by atoms with E-state index in [9.17, 15) is 19.5 Å². The van der Waals surface area contributed by atoms with E-state index in [-0.39, 0.29) is 12.2 Å². The van der Waals surface area contributed by atoms with Crippen molar-refractivity contribution in [3.8, 4) is 23.0 Å². The number of piperazine rings is 1. The largest absolute Gasteiger partial charge is 0.502 e. The molecule has 0 radical (unpaired) electrons. The van der Waals surface area contributed by atoms with Crippen molar-refractivity contribution < 1.29 is 38.1 Å². The Morgan fingerprint density at radius 3 is 2.57 bits per heavy atom. The summed E-state index contributed by atoms with van der Waals surface area (Å²) in [7, 11) is 2.74. The fourth-order valence-electron chi connectivity index (χ4n) is 4.22. The Bertz CT molecular complexity index is 1120. The van der Waals surface area contributed by atoms with E-state index < -0.39 is 23.1 Å². The van der Waals surface area contributed by atoms with Crippen molar-refractivity contribution in [3.63, 3.8) is 0 Å². The van der Waals surface area contributed by atoms with Crippen LogP contribution < -0.4 is 19.6 Å². The van der Waals surface area contributed by atoms with Gasteiger partial charge in [-0.05, 0) is 17.7 Å². The second-order valence-corrected chi connectivity index (χ2v) is 8.29. The van der Waals surface area contributed by atoms with Crippen LogP contribution in [0.3, 0.4) is 0 Å². The Morgan fingerprint density at radius 2 is 1.89 bits per heavy atom. The molecule has 2 aliphatic rings. The van der Waals surface area contributed by atoms with Gasteiger partial charge in [-0.25, -0.2) is 0 Å². The van der Waals surface area contributed by atoms with Crippen LogP contribution in [0, 0.1) is 0 Å². The molecule has 2 aromatic rings. The van der Waals surface area contributed by atoms with Crippen molar-refractivity contribution in [2.45, 2.75) is 18.9 Å². The van der Waals surface area contributed by atoms with E-state index in [2.05, 4.69) is 0 Å². The fraction of sp³-hybridized carbons (Fsp3) is 0.458. The Labute approximate surface area is 201 Å². The molecule has 1 saturated heterocycles. The number of ether oxygens (including phenoxy) is 4. The summed E-state index contributed by atoms with van der Waals surface area (Å²) in [5, 5.41) is 10.7. The van der Waals surface area contributed by atoms with E-state index in [1.54, 1.807) is 17.0 Å². The Hall–Kier alpha value is -3.73. The third-order valence-corrected chi connectivity index (χ3v) is 6.10. The normalized spacial score (nSPS) is 16.5. The topological polar surface area (TPSA) is 128 Å². The molecule has 4 rings (SSSR count). The molecule has 0 aliphatic carbocycles. The van der Waals surface area contributed by atoms with Crippen molar-refractivity contribution in [1.82, 2.24) is 9.80 Å². The molecule has 1 amide bonds. The van der Waals surface area contributed by atoms with E-state index in [1.807, 2.05) is 4.90 Å². The van der Waals surface area contributed by atoms with E-state index in [0.717, 1.165) is 6.41 Å². The molecule has 1 aromatic heterocycles. The Balaban J connectivity index is 1.72. The average molecular weight is 488 g/mol. The highest BCUT2D eigenvalue weighted by Crippen LogP contribution is 2.44. The number of fused-ring (bicyclic) bond motifs is 1. The molecule has 188 valence electrons. The zero-order valence-electron chi connectivity index (χ0n) is 19.7. The molecule has 0 saturated carbocycles. The van der Waals surface area contributed by atoms with Crippen molar-refractivity contribution in [1.29, 1.82) is 0 Å². The van der Waals surface area contributed by atoms with Crippen molar-refractivity contribution in [2.75, 3.05) is 53.6 Å². The predicted molar refractivity (Wildman–Crippen MR) is 122 cm³/mol. The molecule has 1 atom stereocenters. The minimum Gasteiger partial charge on any atom is -0.502 e. The smallest absolute Gasteiger partial charge is 0.306 e. The summed E-state index contributed by atoms with van der Waals surface area (Å²) >= 11 is 0. The van der Waals surface area contributed by atoms with Gasteiger partial charge in [-0.15, -0.1) is 0 Å². The summed E-state index contributed by atoms with van der Waals surface area (Å²) in [6.45, 7) is 3.39. The van der Waals surface area contributed by atoms with Gasteiger partial charge in [0.15, 0.2) is 17.3 Å². The van der Waals surface area contributed by atoms with Crippen LogP contribution >= 0.6 is 0 Å². The number of benzene rings is 1. The van der Waals surface area contributed by atoms with Gasteiger partial charge in [-0.3, -0.25) is 19.3 Å². The van der Waals surface area contributed by atoms with E-state index >= 15 is 0 Å². The maximum absolute atomic E-state index is 12.7. The lowest BCUT2D eigenvalue weighted by atomic mass is 9.91. The summed E-state index contributed by atoms with van der Waals surface area (Å²) in [5.41, 5.74) is -0.0983. The van der Waals surface area contributed by atoms with Crippen LogP contribution in [0.2, 0.25) is 0 Å². The number of amides is 1. The molecule has 1 N–H and O–H groups in total. The van der Waals surface area contributed by atoms with Gasteiger partial charge >= 0.3 is 5.97 Å². The van der Waals surface area contributed by atoms with E-state index in [4.69, 9.17) is 23.4 Å². The van der Waals surface area contributed by atoms with Gasteiger partial charge in [-0.2, -0.15) is 0 Å². The van der Waals surface area contributed by atoms with Crippen LogP contribution in [0.5, 0.6) is 23.0 Å². The minimum absolute atomic E-state index is 0.0526. The van der Waals surface area contributed by atoms with Crippen LogP contribution in [0.1, 0.15) is 29.4 Å². The summed E-state index contributed by atoms with van der Waals surface area (Å²) < 4.78 is 27.7. The van der Waals surface area contributed by atoms with E-state index in [1.165, 1.54) is 20.3 Å². The van der Waals surface area contributed by atoms with Crippen molar-refractivity contribution in [2.24, 2.45) is 0 Å². The first-order valence-electron chi connectivity index (χ1n) is 11.3. The first kappa shape index (κ1) is 24.4. The average Bonchev–Trinajstić information content (AvgIpc) is 2.89. The standard InChI is InChI=1S/C24H28N2O9/c1-31-19-9-15(10-20-24(19)34-8-7-33-20)17(12-21(29)32-2)23-22(30)18(28)11-16(35-23)13-25-3-5-26(14-27)6-4-25/h9-11,14,17,30H,3-8,12-13H2,1-2H3. The number of carbonyl (C=O) groups is 2. The van der Waals surface area contributed by atoms with Crippen molar-refractivity contribution >= 4 is 12.4 Å². The van der Waals surface area contributed by atoms with Gasteiger partial charge in [0.2, 0.25) is 23.3 Å². The summed E-state index contributed by atoms with van der Waals surface area (Å²) in [6.07, 6.45) is 0.617. The van der Waals surface area contributed by atoms with Crippen LogP contribution in [-0.2, 0) is 20.9 Å². The van der Waals surface area contributed by atoms with Gasteiger partial charge < -0.3 is 33.4 Å². The first-order chi connectivity index (χ1) is 16.9. The van der Waals surface area contributed by atoms with Gasteiger partial charge in [-0.1, -0.05) is 0 Å². The molecule has 11 heteroatoms. The molecule has 35 heavy (non-hydrogen) atoms. The number of hydrogen-bond acceptors (Lipinski definition) is 10. The molecular weight excluding hydrogens is 460 g/mol. The van der Waals surface area contributed by atoms with Gasteiger partial charge in [0, 0.05) is 32.2 Å². The summed E-state index contributed by atoms with van der Waals surface area (Å²) in [4.78, 5) is 39.7. The molecule has 1 fully saturated rings. The SMILES string of the molecule is COC(=O)CC(c1cc(OC)c2c(c1)OCCO2)c1oc(CN2CCN(C=O)CC2)cc(=O)c1O. The molecule has 3 heterocycles. The highest BCUT2D eigenvalue weighted by molar-refractivity contribution is 5.71. The third kappa shape index (κ3) is 5.35. The molecule has 0 spiro atoms. The number of esters is 1. The summed E-state index contributed by atoms with van der Waals surface area (Å²) in [6, 6.07) is 4.58. The van der Waals surface area contributed by atoms with Crippen molar-refractivity contribution in [3.05, 3.63) is 45.5 Å². The lowest BCUT2D eigenvalue weighted by Gasteiger charge is -2.32.